The summed E-state index contributed by atoms with van der Waals surface area (Å²) in [6.45, 7) is 2.90. The SMILES string of the molecule is C[B]CC/C=C\CCCN. The average molecular weight is 138 g/mol. The molecule has 0 aliphatic heterocycles. The van der Waals surface area contributed by atoms with E-state index in [0.29, 0.717) is 0 Å². The van der Waals surface area contributed by atoms with Crippen molar-refractivity contribution in [3.8, 4) is 0 Å². The van der Waals surface area contributed by atoms with Gasteiger partial charge in [0.15, 0.2) is 0 Å². The zero-order valence-corrected chi connectivity index (χ0v) is 6.84. The van der Waals surface area contributed by atoms with Gasteiger partial charge in [-0.05, 0) is 25.8 Å². The normalized spacial score (nSPS) is 10.6. The molecule has 0 atom stereocenters. The van der Waals surface area contributed by atoms with E-state index in [2.05, 4.69) is 26.3 Å². The second-order valence-corrected chi connectivity index (χ2v) is 2.39. The Bertz CT molecular complexity index is 71.3. The fourth-order valence-corrected chi connectivity index (χ4v) is 0.734. The van der Waals surface area contributed by atoms with Gasteiger partial charge in [-0.25, -0.2) is 0 Å². The third-order valence-corrected chi connectivity index (χ3v) is 1.36. The Morgan fingerprint density at radius 3 is 2.60 bits per heavy atom. The van der Waals surface area contributed by atoms with Crippen molar-refractivity contribution >= 4 is 7.28 Å². The van der Waals surface area contributed by atoms with Crippen molar-refractivity contribution in [2.45, 2.75) is 32.4 Å². The maximum Gasteiger partial charge on any atom is 0.106 e. The molecule has 0 unspecified atom stereocenters. The molecule has 0 saturated carbocycles. The lowest BCUT2D eigenvalue weighted by molar-refractivity contribution is 0.852. The Balaban J connectivity index is 2.89. The lowest BCUT2D eigenvalue weighted by Crippen LogP contribution is -1.96. The van der Waals surface area contributed by atoms with Crippen molar-refractivity contribution in [2.75, 3.05) is 6.54 Å². The Morgan fingerprint density at radius 1 is 1.30 bits per heavy atom. The first-order valence-corrected chi connectivity index (χ1v) is 4.04. The topological polar surface area (TPSA) is 26.0 Å². The first kappa shape index (κ1) is 9.76. The minimum Gasteiger partial charge on any atom is -0.330 e. The van der Waals surface area contributed by atoms with Gasteiger partial charge in [0.2, 0.25) is 0 Å². The fraction of sp³-hybridized carbons (Fsp3) is 0.750. The fourth-order valence-electron chi connectivity index (χ4n) is 0.734. The molecule has 0 aromatic carbocycles. The van der Waals surface area contributed by atoms with Crippen molar-refractivity contribution in [3.05, 3.63) is 12.2 Å². The van der Waals surface area contributed by atoms with Crippen molar-refractivity contribution in [1.82, 2.24) is 0 Å². The minimum atomic E-state index is 0.810. The van der Waals surface area contributed by atoms with E-state index < -0.39 is 0 Å². The van der Waals surface area contributed by atoms with Crippen LogP contribution in [-0.2, 0) is 0 Å². The van der Waals surface area contributed by atoms with Gasteiger partial charge in [-0.15, -0.1) is 0 Å². The van der Waals surface area contributed by atoms with Crippen molar-refractivity contribution in [2.24, 2.45) is 5.73 Å². The van der Waals surface area contributed by atoms with Crippen LogP contribution in [0.5, 0.6) is 0 Å². The molecule has 0 aromatic heterocycles. The number of hydrogen-bond donors (Lipinski definition) is 1. The van der Waals surface area contributed by atoms with E-state index in [-0.39, 0.29) is 0 Å². The van der Waals surface area contributed by atoms with Crippen molar-refractivity contribution in [3.63, 3.8) is 0 Å². The second kappa shape index (κ2) is 8.76. The third kappa shape index (κ3) is 7.76. The highest BCUT2D eigenvalue weighted by Gasteiger charge is 1.79. The molecule has 0 rings (SSSR count). The van der Waals surface area contributed by atoms with Crippen LogP contribution in [0.25, 0.3) is 0 Å². The van der Waals surface area contributed by atoms with Crippen LogP contribution in [0.4, 0.5) is 0 Å². The Labute approximate surface area is 64.9 Å². The van der Waals surface area contributed by atoms with E-state index in [0.717, 1.165) is 19.4 Å². The van der Waals surface area contributed by atoms with Gasteiger partial charge in [0.05, 0.1) is 0 Å². The quantitative estimate of drug-likeness (QED) is 0.338. The summed E-state index contributed by atoms with van der Waals surface area (Å²) in [5.41, 5.74) is 5.33. The van der Waals surface area contributed by atoms with Gasteiger partial charge in [0.1, 0.15) is 7.28 Å². The summed E-state index contributed by atoms with van der Waals surface area (Å²) in [7, 11) is 2.19. The smallest absolute Gasteiger partial charge is 0.106 e. The van der Waals surface area contributed by atoms with Crippen LogP contribution in [0.3, 0.4) is 0 Å². The minimum absolute atomic E-state index is 0.810. The third-order valence-electron chi connectivity index (χ3n) is 1.36. The van der Waals surface area contributed by atoms with Gasteiger partial charge in [-0.3, -0.25) is 0 Å². The molecule has 0 saturated heterocycles. The lowest BCUT2D eigenvalue weighted by Gasteiger charge is -1.89. The van der Waals surface area contributed by atoms with Gasteiger partial charge in [0, 0.05) is 0 Å². The van der Waals surface area contributed by atoms with Crippen LogP contribution in [0.2, 0.25) is 13.1 Å². The molecule has 2 heteroatoms. The van der Waals surface area contributed by atoms with Crippen LogP contribution < -0.4 is 5.73 Å². The van der Waals surface area contributed by atoms with Crippen LogP contribution >= 0.6 is 0 Å². The van der Waals surface area contributed by atoms with Gasteiger partial charge in [-0.2, -0.15) is 0 Å². The molecule has 0 aliphatic rings. The van der Waals surface area contributed by atoms with Crippen molar-refractivity contribution < 1.29 is 0 Å². The summed E-state index contributed by atoms with van der Waals surface area (Å²) in [4.78, 5) is 0. The summed E-state index contributed by atoms with van der Waals surface area (Å²) < 4.78 is 0. The van der Waals surface area contributed by atoms with Gasteiger partial charge >= 0.3 is 0 Å². The molecule has 1 nitrogen and oxygen atoms in total. The molecular formula is C8H17BN. The van der Waals surface area contributed by atoms with E-state index in [1.807, 2.05) is 0 Å². The Kier molecular flexibility index (Phi) is 8.56. The zero-order valence-electron chi connectivity index (χ0n) is 6.84. The first-order chi connectivity index (χ1) is 4.91. The highest BCUT2D eigenvalue weighted by Crippen LogP contribution is 1.94. The Morgan fingerprint density at radius 2 is 2.00 bits per heavy atom. The molecular weight excluding hydrogens is 121 g/mol. The van der Waals surface area contributed by atoms with E-state index >= 15 is 0 Å². The molecule has 10 heavy (non-hydrogen) atoms. The van der Waals surface area contributed by atoms with E-state index in [9.17, 15) is 0 Å². The maximum atomic E-state index is 5.33. The average Bonchev–Trinajstić information content (AvgIpc) is 1.97. The number of nitrogens with two attached hydrogens (primary N) is 1. The summed E-state index contributed by atoms with van der Waals surface area (Å²) >= 11 is 0. The standard InChI is InChI=1S/C8H17BN/c1-9-7-5-3-2-4-6-8-10/h2-3H,4-8,10H2,1H3/b3-2-. The van der Waals surface area contributed by atoms with E-state index in [4.69, 9.17) is 5.73 Å². The molecule has 0 fully saturated rings. The van der Waals surface area contributed by atoms with Gasteiger partial charge < -0.3 is 5.73 Å². The van der Waals surface area contributed by atoms with Crippen molar-refractivity contribution in [1.29, 1.82) is 0 Å². The van der Waals surface area contributed by atoms with Crippen LogP contribution in [0, 0.1) is 0 Å². The molecule has 1 radical (unpaired) electrons. The van der Waals surface area contributed by atoms with Crippen LogP contribution in [0.15, 0.2) is 12.2 Å². The monoisotopic (exact) mass is 138 g/mol. The zero-order chi connectivity index (χ0) is 7.66. The van der Waals surface area contributed by atoms with E-state index in [1.165, 1.54) is 12.7 Å². The number of rotatable bonds is 6. The van der Waals surface area contributed by atoms with Gasteiger partial charge in [-0.1, -0.05) is 25.3 Å². The molecule has 2 N–H and O–H groups in total. The molecule has 0 heterocycles. The first-order valence-electron chi connectivity index (χ1n) is 4.04. The number of unbranched alkanes of at least 4 members (excludes halogenated alkanes) is 1. The number of allylic oxidation sites excluding steroid dienone is 2. The van der Waals surface area contributed by atoms with Gasteiger partial charge in [0.25, 0.3) is 0 Å². The molecule has 0 amide bonds. The van der Waals surface area contributed by atoms with E-state index in [1.54, 1.807) is 0 Å². The maximum absolute atomic E-state index is 5.33. The number of hydrogen-bond acceptors (Lipinski definition) is 1. The predicted octanol–water partition coefficient (Wildman–Crippen LogP) is 1.84. The summed E-state index contributed by atoms with van der Waals surface area (Å²) in [5.74, 6) is 0. The molecule has 57 valence electrons. The molecule has 0 bridgehead atoms. The Hall–Kier alpha value is -0.235. The summed E-state index contributed by atoms with van der Waals surface area (Å²) in [6, 6.07) is 0. The lowest BCUT2D eigenvalue weighted by atomic mass is 9.77. The second-order valence-electron chi connectivity index (χ2n) is 2.39. The summed E-state index contributed by atoms with van der Waals surface area (Å²) in [6.07, 6.45) is 9.08. The predicted molar refractivity (Wildman–Crippen MR) is 48.5 cm³/mol. The molecule has 0 aromatic rings. The molecule has 0 aliphatic carbocycles. The molecule has 0 spiro atoms. The summed E-state index contributed by atoms with van der Waals surface area (Å²) in [5, 5.41) is 0. The van der Waals surface area contributed by atoms with Crippen LogP contribution in [0.1, 0.15) is 19.3 Å². The largest absolute Gasteiger partial charge is 0.330 e. The highest BCUT2D eigenvalue weighted by molar-refractivity contribution is 6.33. The highest BCUT2D eigenvalue weighted by atomic mass is 14.5. The van der Waals surface area contributed by atoms with Crippen LogP contribution in [-0.4, -0.2) is 13.8 Å².